The van der Waals surface area contributed by atoms with E-state index < -0.39 is 17.0 Å². The lowest BCUT2D eigenvalue weighted by atomic mass is 9.78. The van der Waals surface area contributed by atoms with Crippen molar-refractivity contribution in [2.75, 3.05) is 13.2 Å². The highest BCUT2D eigenvalue weighted by Crippen LogP contribution is 2.32. The van der Waals surface area contributed by atoms with Gasteiger partial charge in [0.05, 0.1) is 17.5 Å². The molecule has 0 bridgehead atoms. The second-order valence-electron chi connectivity index (χ2n) is 6.13. The van der Waals surface area contributed by atoms with Crippen molar-refractivity contribution < 1.29 is 19.4 Å². The van der Waals surface area contributed by atoms with E-state index in [1.165, 1.54) is 0 Å². The summed E-state index contributed by atoms with van der Waals surface area (Å²) < 4.78 is 5.24. The summed E-state index contributed by atoms with van der Waals surface area (Å²) in [6.45, 7) is 0.964. The number of rotatable bonds is 4. The average molecular weight is 284 g/mol. The van der Waals surface area contributed by atoms with Gasteiger partial charge in [-0.3, -0.25) is 9.59 Å². The van der Waals surface area contributed by atoms with Gasteiger partial charge in [0.1, 0.15) is 0 Å². The molecule has 0 atom stereocenters. The molecule has 1 saturated heterocycles. The van der Waals surface area contributed by atoms with Crippen LogP contribution in [0.2, 0.25) is 0 Å². The first-order chi connectivity index (χ1) is 9.46. The van der Waals surface area contributed by atoms with Crippen molar-refractivity contribution in [1.82, 2.24) is 5.32 Å². The van der Waals surface area contributed by atoms with Gasteiger partial charge in [-0.25, -0.2) is 0 Å². The molecule has 20 heavy (non-hydrogen) atoms. The number of aliphatic carboxylic acids is 1. The number of nitrogens with two attached hydrogens (primary N) is 1. The van der Waals surface area contributed by atoms with Gasteiger partial charge >= 0.3 is 5.97 Å². The van der Waals surface area contributed by atoms with Crippen LogP contribution in [0.3, 0.4) is 0 Å². The summed E-state index contributed by atoms with van der Waals surface area (Å²) in [5.74, 6) is -1.09. The van der Waals surface area contributed by atoms with Crippen molar-refractivity contribution in [2.24, 2.45) is 5.73 Å². The molecule has 0 unspecified atom stereocenters. The summed E-state index contributed by atoms with van der Waals surface area (Å²) in [7, 11) is 0. The van der Waals surface area contributed by atoms with Crippen molar-refractivity contribution in [3.8, 4) is 0 Å². The van der Waals surface area contributed by atoms with E-state index in [2.05, 4.69) is 5.32 Å². The zero-order valence-corrected chi connectivity index (χ0v) is 11.8. The Kier molecular flexibility index (Phi) is 4.65. The van der Waals surface area contributed by atoms with Crippen molar-refractivity contribution in [1.29, 1.82) is 0 Å². The van der Waals surface area contributed by atoms with E-state index in [9.17, 15) is 9.59 Å². The second-order valence-corrected chi connectivity index (χ2v) is 6.13. The lowest BCUT2D eigenvalue weighted by molar-refractivity contribution is -0.140. The van der Waals surface area contributed by atoms with Crippen molar-refractivity contribution in [3.63, 3.8) is 0 Å². The second kappa shape index (κ2) is 6.10. The quantitative estimate of drug-likeness (QED) is 0.708. The SMILES string of the molecule is NC1(C(=O)NC2(CC(=O)O)CCCCC2)CCOCC1. The molecule has 6 nitrogen and oxygen atoms in total. The topological polar surface area (TPSA) is 102 Å². The number of carboxylic acid groups (broad SMARTS) is 1. The van der Waals surface area contributed by atoms with Crippen LogP contribution in [0.25, 0.3) is 0 Å². The first kappa shape index (κ1) is 15.3. The van der Waals surface area contributed by atoms with Gasteiger partial charge in [0.15, 0.2) is 0 Å². The largest absolute Gasteiger partial charge is 0.481 e. The Morgan fingerprint density at radius 3 is 2.25 bits per heavy atom. The zero-order chi connectivity index (χ0) is 14.6. The molecule has 114 valence electrons. The van der Waals surface area contributed by atoms with E-state index in [1.807, 2.05) is 0 Å². The molecule has 2 fully saturated rings. The van der Waals surface area contributed by atoms with Crippen LogP contribution < -0.4 is 11.1 Å². The van der Waals surface area contributed by atoms with E-state index >= 15 is 0 Å². The highest BCUT2D eigenvalue weighted by Gasteiger charge is 2.42. The molecule has 1 amide bonds. The third-order valence-electron chi connectivity index (χ3n) is 4.52. The maximum absolute atomic E-state index is 12.5. The summed E-state index contributed by atoms with van der Waals surface area (Å²) in [5, 5.41) is 12.1. The molecule has 0 radical (unpaired) electrons. The third-order valence-corrected chi connectivity index (χ3v) is 4.52. The van der Waals surface area contributed by atoms with Gasteiger partial charge in [0, 0.05) is 13.2 Å². The summed E-state index contributed by atoms with van der Waals surface area (Å²) >= 11 is 0. The van der Waals surface area contributed by atoms with Gasteiger partial charge in [-0.15, -0.1) is 0 Å². The van der Waals surface area contributed by atoms with Crippen LogP contribution in [0, 0.1) is 0 Å². The van der Waals surface area contributed by atoms with Crippen LogP contribution in [-0.4, -0.2) is 41.3 Å². The molecular formula is C14H24N2O4. The van der Waals surface area contributed by atoms with Crippen LogP contribution in [0.1, 0.15) is 51.4 Å². The number of carbonyl (C=O) groups is 2. The number of carboxylic acids is 1. The Morgan fingerprint density at radius 1 is 1.10 bits per heavy atom. The average Bonchev–Trinajstić information content (AvgIpc) is 2.39. The molecule has 0 aromatic rings. The Morgan fingerprint density at radius 2 is 1.70 bits per heavy atom. The number of hydrogen-bond acceptors (Lipinski definition) is 4. The fourth-order valence-electron chi connectivity index (χ4n) is 3.19. The van der Waals surface area contributed by atoms with Crippen LogP contribution in [0.5, 0.6) is 0 Å². The summed E-state index contributed by atoms with van der Waals surface area (Å²) in [4.78, 5) is 23.6. The summed E-state index contributed by atoms with van der Waals surface area (Å²) in [6, 6.07) is 0. The maximum atomic E-state index is 12.5. The highest BCUT2D eigenvalue weighted by atomic mass is 16.5. The lowest BCUT2D eigenvalue weighted by Crippen LogP contribution is -2.63. The van der Waals surface area contributed by atoms with Gasteiger partial charge in [-0.1, -0.05) is 19.3 Å². The number of ether oxygens (including phenoxy) is 1. The Bertz CT molecular complexity index is 371. The van der Waals surface area contributed by atoms with Crippen LogP contribution >= 0.6 is 0 Å². The standard InChI is InChI=1S/C14H24N2O4/c15-14(6-8-20-9-7-14)12(19)16-13(10-11(17)18)4-2-1-3-5-13/h1-10,15H2,(H,16,19)(H,17,18). The fraction of sp³-hybridized carbons (Fsp3) is 0.857. The van der Waals surface area contributed by atoms with Crippen molar-refractivity contribution >= 4 is 11.9 Å². The molecule has 0 spiro atoms. The molecule has 1 aliphatic heterocycles. The smallest absolute Gasteiger partial charge is 0.305 e. The van der Waals surface area contributed by atoms with Gasteiger partial charge in [0.25, 0.3) is 0 Å². The molecule has 2 aliphatic rings. The van der Waals surface area contributed by atoms with Crippen molar-refractivity contribution in [3.05, 3.63) is 0 Å². The zero-order valence-electron chi connectivity index (χ0n) is 11.8. The van der Waals surface area contributed by atoms with Gasteiger partial charge in [-0.05, 0) is 25.7 Å². The van der Waals surface area contributed by atoms with E-state index in [4.69, 9.17) is 15.6 Å². The summed E-state index contributed by atoms with van der Waals surface area (Å²) in [5.41, 5.74) is 4.64. The van der Waals surface area contributed by atoms with E-state index in [-0.39, 0.29) is 12.3 Å². The minimum Gasteiger partial charge on any atom is -0.481 e. The third kappa shape index (κ3) is 3.49. The lowest BCUT2D eigenvalue weighted by Gasteiger charge is -2.41. The molecule has 2 rings (SSSR count). The minimum atomic E-state index is -0.915. The van der Waals surface area contributed by atoms with E-state index in [0.717, 1.165) is 32.1 Å². The molecule has 0 aromatic heterocycles. The number of amides is 1. The minimum absolute atomic E-state index is 0.0225. The number of hydrogen-bond donors (Lipinski definition) is 3. The first-order valence-corrected chi connectivity index (χ1v) is 7.37. The van der Waals surface area contributed by atoms with Crippen LogP contribution in [0.4, 0.5) is 0 Å². The van der Waals surface area contributed by atoms with E-state index in [1.54, 1.807) is 0 Å². The first-order valence-electron chi connectivity index (χ1n) is 7.37. The van der Waals surface area contributed by atoms with Crippen LogP contribution in [0.15, 0.2) is 0 Å². The van der Waals surface area contributed by atoms with E-state index in [0.29, 0.717) is 26.1 Å². The predicted octanol–water partition coefficient (Wildman–Crippen LogP) is 0.788. The van der Waals surface area contributed by atoms with Gasteiger partial charge in [-0.2, -0.15) is 0 Å². The molecule has 1 saturated carbocycles. The molecule has 0 aromatic carbocycles. The maximum Gasteiger partial charge on any atom is 0.305 e. The number of carbonyl (C=O) groups excluding carboxylic acids is 1. The monoisotopic (exact) mass is 284 g/mol. The number of nitrogens with one attached hydrogen (secondary N) is 1. The molecule has 1 aliphatic carbocycles. The van der Waals surface area contributed by atoms with Crippen molar-refractivity contribution in [2.45, 2.75) is 62.4 Å². The van der Waals surface area contributed by atoms with Crippen LogP contribution in [-0.2, 0) is 14.3 Å². The molecule has 4 N–H and O–H groups in total. The highest BCUT2D eigenvalue weighted by molar-refractivity contribution is 5.87. The molecular weight excluding hydrogens is 260 g/mol. The predicted molar refractivity (Wildman–Crippen MR) is 73.2 cm³/mol. The Balaban J connectivity index is 2.06. The molecule has 6 heteroatoms. The molecule has 1 heterocycles. The van der Waals surface area contributed by atoms with Gasteiger partial charge in [0.2, 0.25) is 5.91 Å². The normalized spacial score (nSPS) is 24.9. The Labute approximate surface area is 119 Å². The Hall–Kier alpha value is -1.14. The fourth-order valence-corrected chi connectivity index (χ4v) is 3.19. The van der Waals surface area contributed by atoms with Gasteiger partial charge < -0.3 is 20.9 Å². The summed E-state index contributed by atoms with van der Waals surface area (Å²) in [6.07, 6.45) is 5.39.